The van der Waals surface area contributed by atoms with Crippen LogP contribution in [0.2, 0.25) is 0 Å². The molecule has 2 aliphatic rings. The molecule has 1 atom stereocenters. The molecule has 0 spiro atoms. The van der Waals surface area contributed by atoms with Crippen molar-refractivity contribution in [2.75, 3.05) is 13.2 Å². The molecule has 4 rings (SSSR count). The molecule has 0 radical (unpaired) electrons. The van der Waals surface area contributed by atoms with Crippen LogP contribution >= 0.6 is 0 Å². The second-order valence-corrected chi connectivity index (χ2v) is 6.71. The van der Waals surface area contributed by atoms with Crippen molar-refractivity contribution in [1.29, 1.82) is 0 Å². The smallest absolute Gasteiger partial charge is 0.231 e. The van der Waals surface area contributed by atoms with E-state index in [1.54, 1.807) is 0 Å². The van der Waals surface area contributed by atoms with E-state index < -0.39 is 0 Å². The fourth-order valence-electron chi connectivity index (χ4n) is 3.62. The average Bonchev–Trinajstić information content (AvgIpc) is 3.24. The normalized spacial score (nSPS) is 20.5. The highest BCUT2D eigenvalue weighted by molar-refractivity contribution is 5.85. The number of fused-ring (bicyclic) bond motifs is 1. The monoisotopic (exact) mass is 307 g/mol. The minimum atomic E-state index is -0.182. The van der Waals surface area contributed by atoms with Crippen LogP contribution in [0.5, 0.6) is 5.75 Å². The lowest BCUT2D eigenvalue weighted by molar-refractivity contribution is -0.122. The van der Waals surface area contributed by atoms with Crippen LogP contribution in [0, 0.1) is 6.92 Å². The topological polar surface area (TPSA) is 38.3 Å². The lowest BCUT2D eigenvalue weighted by Gasteiger charge is -2.20. The van der Waals surface area contributed by atoms with Gasteiger partial charge < -0.3 is 10.1 Å². The maximum atomic E-state index is 12.6. The molecule has 1 aliphatic carbocycles. The van der Waals surface area contributed by atoms with Gasteiger partial charge in [0, 0.05) is 17.5 Å². The number of amides is 1. The number of rotatable bonds is 4. The van der Waals surface area contributed by atoms with Gasteiger partial charge in [0.25, 0.3) is 0 Å². The van der Waals surface area contributed by atoms with E-state index in [1.165, 1.54) is 11.1 Å². The van der Waals surface area contributed by atoms with Gasteiger partial charge in [0.05, 0.1) is 0 Å². The maximum Gasteiger partial charge on any atom is 0.231 e. The summed E-state index contributed by atoms with van der Waals surface area (Å²) in [4.78, 5) is 12.6. The van der Waals surface area contributed by atoms with Crippen molar-refractivity contribution in [3.63, 3.8) is 0 Å². The van der Waals surface area contributed by atoms with Crippen molar-refractivity contribution >= 4 is 5.91 Å². The predicted molar refractivity (Wildman–Crippen MR) is 89.8 cm³/mol. The van der Waals surface area contributed by atoms with Crippen LogP contribution in [0.15, 0.2) is 48.5 Å². The van der Waals surface area contributed by atoms with E-state index in [0.29, 0.717) is 6.61 Å². The van der Waals surface area contributed by atoms with Crippen LogP contribution in [-0.4, -0.2) is 19.1 Å². The molecular formula is C20H21NO2. The van der Waals surface area contributed by atoms with Crippen molar-refractivity contribution < 1.29 is 9.53 Å². The van der Waals surface area contributed by atoms with Gasteiger partial charge in [-0.3, -0.25) is 4.79 Å². The van der Waals surface area contributed by atoms with Crippen LogP contribution in [0.25, 0.3) is 0 Å². The van der Waals surface area contributed by atoms with Crippen molar-refractivity contribution in [3.05, 3.63) is 65.2 Å². The fraction of sp³-hybridized carbons (Fsp3) is 0.350. The van der Waals surface area contributed by atoms with E-state index in [9.17, 15) is 4.79 Å². The van der Waals surface area contributed by atoms with Crippen LogP contribution in [0.4, 0.5) is 0 Å². The molecule has 1 saturated carbocycles. The zero-order valence-electron chi connectivity index (χ0n) is 13.3. The third kappa shape index (κ3) is 2.50. The Kier molecular flexibility index (Phi) is 3.37. The lowest BCUT2D eigenvalue weighted by atomic mass is 9.91. The van der Waals surface area contributed by atoms with Gasteiger partial charge >= 0.3 is 0 Å². The summed E-state index contributed by atoms with van der Waals surface area (Å²) in [6, 6.07) is 16.3. The molecule has 2 aromatic rings. The lowest BCUT2D eigenvalue weighted by Crippen LogP contribution is -2.36. The Morgan fingerprint density at radius 1 is 1.17 bits per heavy atom. The number of hydrogen-bond donors (Lipinski definition) is 1. The van der Waals surface area contributed by atoms with Crippen molar-refractivity contribution in [3.8, 4) is 5.75 Å². The van der Waals surface area contributed by atoms with Gasteiger partial charge in [-0.1, -0.05) is 42.5 Å². The van der Waals surface area contributed by atoms with Gasteiger partial charge in [0.1, 0.15) is 18.3 Å². The molecule has 23 heavy (non-hydrogen) atoms. The summed E-state index contributed by atoms with van der Waals surface area (Å²) in [6.07, 6.45) is 2.30. The van der Waals surface area contributed by atoms with Gasteiger partial charge in [-0.05, 0) is 37.0 Å². The first-order valence-electron chi connectivity index (χ1n) is 8.25. The number of para-hydroxylation sites is 1. The van der Waals surface area contributed by atoms with E-state index in [-0.39, 0.29) is 17.2 Å². The Morgan fingerprint density at radius 2 is 1.91 bits per heavy atom. The van der Waals surface area contributed by atoms with Gasteiger partial charge in [0.2, 0.25) is 5.91 Å². The molecule has 1 unspecified atom stereocenters. The molecular weight excluding hydrogens is 286 g/mol. The Hall–Kier alpha value is -2.29. The zero-order chi connectivity index (χ0) is 15.9. The van der Waals surface area contributed by atoms with Crippen LogP contribution in [0.1, 0.15) is 35.4 Å². The van der Waals surface area contributed by atoms with Crippen molar-refractivity contribution in [2.24, 2.45) is 0 Å². The fourth-order valence-corrected chi connectivity index (χ4v) is 3.62. The summed E-state index contributed by atoms with van der Waals surface area (Å²) >= 11 is 0. The quantitative estimate of drug-likeness (QED) is 0.941. The molecule has 118 valence electrons. The highest BCUT2D eigenvalue weighted by Gasteiger charge is 2.45. The average molecular weight is 307 g/mol. The third-order valence-electron chi connectivity index (χ3n) is 5.19. The zero-order valence-corrected chi connectivity index (χ0v) is 13.3. The molecule has 1 heterocycles. The summed E-state index contributed by atoms with van der Waals surface area (Å²) < 4.78 is 5.62. The number of hydrogen-bond acceptors (Lipinski definition) is 2. The number of nitrogens with one attached hydrogen (secondary N) is 1. The van der Waals surface area contributed by atoms with Crippen molar-refractivity contribution in [1.82, 2.24) is 5.32 Å². The first-order valence-corrected chi connectivity index (χ1v) is 8.25. The number of benzene rings is 2. The highest BCUT2D eigenvalue weighted by Crippen LogP contribution is 2.48. The largest absolute Gasteiger partial charge is 0.492 e. The molecule has 1 fully saturated rings. The van der Waals surface area contributed by atoms with Crippen LogP contribution < -0.4 is 10.1 Å². The summed E-state index contributed by atoms with van der Waals surface area (Å²) in [6.45, 7) is 3.32. The highest BCUT2D eigenvalue weighted by atomic mass is 16.5. The Morgan fingerprint density at radius 3 is 2.70 bits per heavy atom. The standard InChI is InChI=1S/C20H21NO2/c1-14-6-2-4-8-17(14)20(10-11-20)13-21-19(22)16-12-23-18-9-5-3-7-15(16)18/h2-9,16H,10-13H2,1H3,(H,21,22). The molecule has 1 amide bonds. The Balaban J connectivity index is 1.46. The van der Waals surface area contributed by atoms with E-state index in [4.69, 9.17) is 4.74 Å². The number of carbonyl (C=O) groups is 1. The Labute approximate surface area is 136 Å². The van der Waals surface area contributed by atoms with E-state index in [2.05, 4.69) is 36.5 Å². The minimum Gasteiger partial charge on any atom is -0.492 e. The van der Waals surface area contributed by atoms with Gasteiger partial charge in [0.15, 0.2) is 0 Å². The minimum absolute atomic E-state index is 0.0785. The summed E-state index contributed by atoms with van der Waals surface area (Å²) in [5, 5.41) is 3.18. The van der Waals surface area contributed by atoms with Gasteiger partial charge in [-0.2, -0.15) is 0 Å². The number of aryl methyl sites for hydroxylation is 1. The van der Waals surface area contributed by atoms with Crippen molar-refractivity contribution in [2.45, 2.75) is 31.1 Å². The second kappa shape index (κ2) is 5.41. The van der Waals surface area contributed by atoms with Gasteiger partial charge in [-0.15, -0.1) is 0 Å². The summed E-state index contributed by atoms with van der Waals surface area (Å²) in [7, 11) is 0. The molecule has 1 N–H and O–H groups in total. The first-order chi connectivity index (χ1) is 11.2. The van der Waals surface area contributed by atoms with E-state index in [1.807, 2.05) is 24.3 Å². The predicted octanol–water partition coefficient (Wildman–Crippen LogP) is 3.32. The van der Waals surface area contributed by atoms with Crippen LogP contribution in [-0.2, 0) is 10.2 Å². The molecule has 0 bridgehead atoms. The third-order valence-corrected chi connectivity index (χ3v) is 5.19. The summed E-state index contributed by atoms with van der Waals surface area (Å²) in [5.74, 6) is 0.737. The molecule has 1 aliphatic heterocycles. The maximum absolute atomic E-state index is 12.6. The number of ether oxygens (including phenoxy) is 1. The molecule has 2 aromatic carbocycles. The molecule has 3 heteroatoms. The summed E-state index contributed by atoms with van der Waals surface area (Å²) in [5.41, 5.74) is 3.84. The molecule has 0 aromatic heterocycles. The molecule has 3 nitrogen and oxygen atoms in total. The van der Waals surface area contributed by atoms with Gasteiger partial charge in [-0.25, -0.2) is 0 Å². The first kappa shape index (κ1) is 14.3. The SMILES string of the molecule is Cc1ccccc1C1(CNC(=O)C2COc3ccccc32)CC1. The second-order valence-electron chi connectivity index (χ2n) is 6.71. The molecule has 0 saturated heterocycles. The van der Waals surface area contributed by atoms with E-state index in [0.717, 1.165) is 30.7 Å². The van der Waals surface area contributed by atoms with Crippen LogP contribution in [0.3, 0.4) is 0 Å². The Bertz CT molecular complexity index is 749. The van der Waals surface area contributed by atoms with E-state index >= 15 is 0 Å². The number of carbonyl (C=O) groups excluding carboxylic acids is 1.